The third kappa shape index (κ3) is 4.01. The third-order valence-electron chi connectivity index (χ3n) is 2.78. The molecule has 1 aliphatic rings. The number of hydrogen-bond acceptors (Lipinski definition) is 3. The van der Waals surface area contributed by atoms with Crippen molar-refractivity contribution >= 4 is 21.6 Å². The largest absolute Gasteiger partial charge is 0.402 e. The fourth-order valence-corrected chi connectivity index (χ4v) is 2.84. The summed E-state index contributed by atoms with van der Waals surface area (Å²) >= 11 is 0. The van der Waals surface area contributed by atoms with Gasteiger partial charge < -0.3 is 5.32 Å². The van der Waals surface area contributed by atoms with E-state index in [4.69, 9.17) is 0 Å². The van der Waals surface area contributed by atoms with Crippen LogP contribution in [0.5, 0.6) is 0 Å². The molecule has 3 N–H and O–H groups in total. The van der Waals surface area contributed by atoms with Crippen LogP contribution in [-0.2, 0) is 16.6 Å². The lowest BCUT2D eigenvalue weighted by atomic mass is 10.0. The van der Waals surface area contributed by atoms with E-state index in [2.05, 4.69) is 10.0 Å². The highest BCUT2D eigenvalue weighted by atomic mass is 32.2. The van der Waals surface area contributed by atoms with E-state index < -0.39 is 22.9 Å². The van der Waals surface area contributed by atoms with Crippen LogP contribution in [0, 0.1) is 0 Å². The van der Waals surface area contributed by atoms with Gasteiger partial charge in [0, 0.05) is 6.54 Å². The zero-order valence-electron chi connectivity index (χ0n) is 10.4. The number of aryl methyl sites for hydroxylation is 1. The Labute approximate surface area is 114 Å². The average Bonchev–Trinajstić information content (AvgIpc) is 2.36. The summed E-state index contributed by atoms with van der Waals surface area (Å²) in [4.78, 5) is 0. The van der Waals surface area contributed by atoms with Crippen LogP contribution in [-0.4, -0.2) is 27.7 Å². The van der Waals surface area contributed by atoms with Crippen LogP contribution >= 0.6 is 0 Å². The molecule has 0 aromatic heterocycles. The van der Waals surface area contributed by atoms with Crippen molar-refractivity contribution in [1.82, 2.24) is 4.72 Å². The molecule has 1 aromatic carbocycles. The molecule has 9 heteroatoms. The Balaban J connectivity index is 2.13. The Kier molecular flexibility index (Phi) is 4.09. The molecule has 20 heavy (non-hydrogen) atoms. The number of fused-ring (bicyclic) bond motifs is 1. The van der Waals surface area contributed by atoms with Crippen LogP contribution in [0.4, 0.5) is 24.5 Å². The zero-order chi connectivity index (χ0) is 14.8. The first-order valence-electron chi connectivity index (χ1n) is 5.97. The van der Waals surface area contributed by atoms with Crippen LogP contribution < -0.4 is 14.8 Å². The van der Waals surface area contributed by atoms with Gasteiger partial charge in [0.15, 0.2) is 0 Å². The molecule has 1 heterocycles. The molecule has 2 rings (SSSR count). The molecule has 1 aromatic rings. The molecule has 0 saturated carbocycles. The molecule has 0 unspecified atom stereocenters. The zero-order valence-corrected chi connectivity index (χ0v) is 11.2. The number of halogens is 3. The van der Waals surface area contributed by atoms with Crippen molar-refractivity contribution in [3.8, 4) is 0 Å². The maximum atomic E-state index is 12.0. The first-order chi connectivity index (χ1) is 9.27. The van der Waals surface area contributed by atoms with E-state index in [1.807, 2.05) is 6.07 Å². The highest BCUT2D eigenvalue weighted by Crippen LogP contribution is 2.30. The Morgan fingerprint density at radius 2 is 2.05 bits per heavy atom. The fraction of sp³-hybridized carbons (Fsp3) is 0.455. The van der Waals surface area contributed by atoms with Crippen LogP contribution in [0.2, 0.25) is 0 Å². The van der Waals surface area contributed by atoms with Gasteiger partial charge in [-0.3, -0.25) is 4.72 Å². The summed E-state index contributed by atoms with van der Waals surface area (Å²) in [7, 11) is -4.26. The first kappa shape index (κ1) is 14.9. The van der Waals surface area contributed by atoms with Crippen molar-refractivity contribution in [2.24, 2.45) is 0 Å². The van der Waals surface area contributed by atoms with E-state index in [0.717, 1.165) is 18.4 Å². The highest BCUT2D eigenvalue weighted by molar-refractivity contribution is 7.90. The summed E-state index contributed by atoms with van der Waals surface area (Å²) in [5.74, 6) is 0. The van der Waals surface area contributed by atoms with Gasteiger partial charge in [-0.15, -0.1) is 0 Å². The molecule has 0 bridgehead atoms. The van der Waals surface area contributed by atoms with Gasteiger partial charge in [0.1, 0.15) is 6.54 Å². The van der Waals surface area contributed by atoms with Gasteiger partial charge in [-0.25, -0.2) is 0 Å². The molecule has 0 aliphatic carbocycles. The van der Waals surface area contributed by atoms with Crippen LogP contribution in [0.25, 0.3) is 0 Å². The minimum Gasteiger partial charge on any atom is -0.383 e. The monoisotopic (exact) mass is 309 g/mol. The van der Waals surface area contributed by atoms with E-state index in [1.54, 1.807) is 6.07 Å². The van der Waals surface area contributed by atoms with Gasteiger partial charge in [0.05, 0.1) is 11.4 Å². The predicted octanol–water partition coefficient (Wildman–Crippen LogP) is 1.85. The van der Waals surface area contributed by atoms with E-state index in [9.17, 15) is 21.6 Å². The van der Waals surface area contributed by atoms with E-state index >= 15 is 0 Å². The first-order valence-corrected chi connectivity index (χ1v) is 7.45. The summed E-state index contributed by atoms with van der Waals surface area (Å²) in [6, 6.07) is 5.01. The second-order valence-electron chi connectivity index (χ2n) is 4.41. The van der Waals surface area contributed by atoms with Gasteiger partial charge in [-0.05, 0) is 24.5 Å². The summed E-state index contributed by atoms with van der Waals surface area (Å²) in [6.07, 6.45) is -2.87. The summed E-state index contributed by atoms with van der Waals surface area (Å²) in [5, 5.41) is 3.05. The van der Waals surface area contributed by atoms with Crippen molar-refractivity contribution in [1.29, 1.82) is 0 Å². The van der Waals surface area contributed by atoms with Crippen molar-refractivity contribution in [3.63, 3.8) is 0 Å². The normalized spacial score (nSPS) is 15.3. The lowest BCUT2D eigenvalue weighted by Gasteiger charge is -2.21. The van der Waals surface area contributed by atoms with E-state index in [0.29, 0.717) is 12.2 Å². The predicted molar refractivity (Wildman–Crippen MR) is 69.9 cm³/mol. The number of para-hydroxylation sites is 1. The molecule has 112 valence electrons. The van der Waals surface area contributed by atoms with Gasteiger partial charge in [-0.1, -0.05) is 12.1 Å². The van der Waals surface area contributed by atoms with E-state index in [-0.39, 0.29) is 5.69 Å². The summed E-state index contributed by atoms with van der Waals surface area (Å²) in [6.45, 7) is -0.910. The number of hydrogen-bond donors (Lipinski definition) is 3. The smallest absolute Gasteiger partial charge is 0.383 e. The third-order valence-corrected chi connectivity index (χ3v) is 3.80. The van der Waals surface area contributed by atoms with Crippen molar-refractivity contribution in [3.05, 3.63) is 23.8 Å². The highest BCUT2D eigenvalue weighted by Gasteiger charge is 2.29. The minimum atomic E-state index is -4.59. The van der Waals surface area contributed by atoms with Gasteiger partial charge in [0.25, 0.3) is 10.2 Å². The summed E-state index contributed by atoms with van der Waals surface area (Å²) in [5.41, 5.74) is 1.81. The quantitative estimate of drug-likeness (QED) is 0.795. The fourth-order valence-electron chi connectivity index (χ4n) is 1.95. The minimum absolute atomic E-state index is 0.247. The molecule has 0 saturated heterocycles. The second kappa shape index (κ2) is 5.49. The number of benzene rings is 1. The Morgan fingerprint density at radius 1 is 1.30 bits per heavy atom. The Bertz CT molecular complexity index is 587. The standard InChI is InChI=1S/C11H14F3N3O2S/c12-11(13,14)7-16-20(18,19)17-9-5-1-3-8-4-2-6-15-10(8)9/h1,3,5,15-17H,2,4,6-7H2. The van der Waals surface area contributed by atoms with Crippen molar-refractivity contribution in [2.75, 3.05) is 23.1 Å². The van der Waals surface area contributed by atoms with Crippen LogP contribution in [0.3, 0.4) is 0 Å². The summed E-state index contributed by atoms with van der Waals surface area (Å²) < 4.78 is 62.8. The van der Waals surface area contributed by atoms with Crippen LogP contribution in [0.15, 0.2) is 18.2 Å². The lowest BCUT2D eigenvalue weighted by molar-refractivity contribution is -0.121. The number of anilines is 2. The molecular weight excluding hydrogens is 295 g/mol. The Morgan fingerprint density at radius 3 is 2.75 bits per heavy atom. The molecular formula is C11H14F3N3O2S. The molecule has 5 nitrogen and oxygen atoms in total. The Hall–Kier alpha value is -1.48. The maximum Gasteiger partial charge on any atom is 0.402 e. The average molecular weight is 309 g/mol. The maximum absolute atomic E-state index is 12.0. The second-order valence-corrected chi connectivity index (χ2v) is 5.91. The SMILES string of the molecule is O=S(=O)(NCC(F)(F)F)Nc1cccc2c1NCCC2. The van der Waals surface area contributed by atoms with Crippen LogP contribution in [0.1, 0.15) is 12.0 Å². The lowest BCUT2D eigenvalue weighted by Crippen LogP contribution is -2.37. The van der Waals surface area contributed by atoms with Crippen molar-refractivity contribution < 1.29 is 21.6 Å². The van der Waals surface area contributed by atoms with Gasteiger partial charge in [0.2, 0.25) is 0 Å². The molecule has 0 spiro atoms. The van der Waals surface area contributed by atoms with Crippen molar-refractivity contribution in [2.45, 2.75) is 19.0 Å². The molecule has 1 aliphatic heterocycles. The van der Waals surface area contributed by atoms with Gasteiger partial charge in [-0.2, -0.15) is 26.3 Å². The number of alkyl halides is 3. The molecule has 0 fully saturated rings. The van der Waals surface area contributed by atoms with Gasteiger partial charge >= 0.3 is 6.18 Å². The molecule has 0 radical (unpaired) electrons. The molecule has 0 atom stereocenters. The topological polar surface area (TPSA) is 70.2 Å². The number of nitrogens with one attached hydrogen (secondary N) is 3. The number of rotatable bonds is 4. The molecule has 0 amide bonds. The van der Waals surface area contributed by atoms with E-state index in [1.165, 1.54) is 10.8 Å².